The van der Waals surface area contributed by atoms with E-state index in [0.29, 0.717) is 30.6 Å². The van der Waals surface area contributed by atoms with E-state index < -0.39 is 5.66 Å². The Morgan fingerprint density at radius 3 is 2.81 bits per heavy atom. The van der Waals surface area contributed by atoms with Gasteiger partial charge in [-0.25, -0.2) is 0 Å². The van der Waals surface area contributed by atoms with Crippen molar-refractivity contribution < 1.29 is 14.4 Å². The van der Waals surface area contributed by atoms with Gasteiger partial charge in [-0.05, 0) is 43.3 Å². The molecule has 1 unspecified atom stereocenters. The molecule has 2 aliphatic rings. The molecule has 1 atom stereocenters. The van der Waals surface area contributed by atoms with Crippen LogP contribution in [0.4, 0.5) is 5.69 Å². The molecule has 27 heavy (non-hydrogen) atoms. The van der Waals surface area contributed by atoms with Crippen LogP contribution >= 0.6 is 11.3 Å². The highest BCUT2D eigenvalue weighted by atomic mass is 32.1. The Morgan fingerprint density at radius 1 is 1.22 bits per heavy atom. The molecule has 1 fully saturated rings. The summed E-state index contributed by atoms with van der Waals surface area (Å²) in [6, 6.07) is 11.1. The summed E-state index contributed by atoms with van der Waals surface area (Å²) < 4.78 is 0. The maximum absolute atomic E-state index is 13.1. The van der Waals surface area contributed by atoms with Crippen LogP contribution in [0.3, 0.4) is 0 Å². The van der Waals surface area contributed by atoms with Gasteiger partial charge in [0, 0.05) is 17.8 Å². The van der Waals surface area contributed by atoms with Crippen molar-refractivity contribution in [1.29, 1.82) is 0 Å². The normalized spacial score (nSPS) is 21.2. The van der Waals surface area contributed by atoms with E-state index in [4.69, 9.17) is 0 Å². The minimum absolute atomic E-state index is 0.0134. The largest absolute Gasteiger partial charge is 0.354 e. The van der Waals surface area contributed by atoms with Gasteiger partial charge in [0.25, 0.3) is 5.91 Å². The number of nitrogens with zero attached hydrogens (tertiary/aromatic N) is 2. The van der Waals surface area contributed by atoms with Gasteiger partial charge in [-0.15, -0.1) is 11.3 Å². The second-order valence-corrected chi connectivity index (χ2v) is 8.07. The molecular weight excluding hydrogens is 362 g/mol. The van der Waals surface area contributed by atoms with Crippen molar-refractivity contribution in [3.8, 4) is 0 Å². The molecule has 1 aromatic heterocycles. The predicted octanol–water partition coefficient (Wildman–Crippen LogP) is 2.41. The van der Waals surface area contributed by atoms with E-state index in [1.807, 2.05) is 30.5 Å². The van der Waals surface area contributed by atoms with E-state index >= 15 is 0 Å². The van der Waals surface area contributed by atoms with E-state index in [1.54, 1.807) is 39.3 Å². The summed E-state index contributed by atoms with van der Waals surface area (Å²) in [7, 11) is 0. The number of benzene rings is 1. The lowest BCUT2D eigenvalue weighted by Crippen LogP contribution is -2.63. The monoisotopic (exact) mass is 383 g/mol. The molecular formula is C20H21N3O3S. The van der Waals surface area contributed by atoms with Crippen molar-refractivity contribution >= 4 is 34.7 Å². The zero-order chi connectivity index (χ0) is 19.0. The Labute approximate surface area is 161 Å². The van der Waals surface area contributed by atoms with E-state index in [0.717, 1.165) is 6.42 Å². The summed E-state index contributed by atoms with van der Waals surface area (Å²) in [4.78, 5) is 42.5. The third-order valence-corrected chi connectivity index (χ3v) is 6.26. The van der Waals surface area contributed by atoms with Gasteiger partial charge < -0.3 is 10.2 Å². The van der Waals surface area contributed by atoms with E-state index in [2.05, 4.69) is 5.32 Å². The number of hydrogen-bond acceptors (Lipinski definition) is 4. The Kier molecular flexibility index (Phi) is 4.47. The summed E-state index contributed by atoms with van der Waals surface area (Å²) in [5, 5.41) is 4.90. The number of nitrogens with one attached hydrogen (secondary N) is 1. The molecule has 0 radical (unpaired) electrons. The van der Waals surface area contributed by atoms with Crippen molar-refractivity contribution in [3.05, 3.63) is 52.2 Å². The van der Waals surface area contributed by atoms with E-state index in [-0.39, 0.29) is 24.3 Å². The van der Waals surface area contributed by atoms with Gasteiger partial charge >= 0.3 is 0 Å². The average molecular weight is 383 g/mol. The number of para-hydroxylation sites is 1. The highest BCUT2D eigenvalue weighted by Crippen LogP contribution is 2.43. The van der Waals surface area contributed by atoms with Crippen molar-refractivity contribution in [3.63, 3.8) is 0 Å². The van der Waals surface area contributed by atoms with E-state index in [1.165, 1.54) is 4.88 Å². The Bertz CT molecular complexity index is 896. The van der Waals surface area contributed by atoms with Gasteiger partial charge in [-0.3, -0.25) is 19.3 Å². The van der Waals surface area contributed by atoms with Crippen LogP contribution < -0.4 is 10.2 Å². The number of thiophene rings is 1. The van der Waals surface area contributed by atoms with Crippen LogP contribution in [0, 0.1) is 0 Å². The molecule has 1 saturated heterocycles. The molecule has 2 aliphatic heterocycles. The first-order valence-corrected chi connectivity index (χ1v) is 9.92. The van der Waals surface area contributed by atoms with Gasteiger partial charge in [0.05, 0.1) is 11.3 Å². The summed E-state index contributed by atoms with van der Waals surface area (Å²) >= 11 is 1.66. The van der Waals surface area contributed by atoms with Crippen LogP contribution in [-0.2, 0) is 16.0 Å². The molecule has 1 aromatic carbocycles. The third kappa shape index (κ3) is 3.02. The highest BCUT2D eigenvalue weighted by Gasteiger charge is 2.53. The molecule has 0 aliphatic carbocycles. The third-order valence-electron chi connectivity index (χ3n) is 5.32. The number of hydrogen-bond donors (Lipinski definition) is 1. The summed E-state index contributed by atoms with van der Waals surface area (Å²) in [6.07, 6.45) is 1.66. The minimum atomic E-state index is -0.798. The lowest BCUT2D eigenvalue weighted by molar-refractivity contribution is -0.123. The molecule has 0 bridgehead atoms. The zero-order valence-electron chi connectivity index (χ0n) is 15.1. The maximum Gasteiger partial charge on any atom is 0.258 e. The molecule has 140 valence electrons. The Morgan fingerprint density at radius 2 is 2.04 bits per heavy atom. The molecule has 0 spiro atoms. The van der Waals surface area contributed by atoms with Crippen LogP contribution in [0.5, 0.6) is 0 Å². The summed E-state index contributed by atoms with van der Waals surface area (Å²) in [5.41, 5.74) is 0.312. The number of rotatable bonds is 5. The highest BCUT2D eigenvalue weighted by molar-refractivity contribution is 7.09. The molecule has 7 heteroatoms. The van der Waals surface area contributed by atoms with Gasteiger partial charge in [-0.2, -0.15) is 0 Å². The SMILES string of the molecule is CC12CCC(=O)N1c1ccccc1C(=O)N2CC(=O)NCCc1cccs1. The van der Waals surface area contributed by atoms with Crippen LogP contribution in [0.1, 0.15) is 35.0 Å². The quantitative estimate of drug-likeness (QED) is 0.862. The van der Waals surface area contributed by atoms with Crippen LogP contribution in [-0.4, -0.2) is 41.4 Å². The second kappa shape index (κ2) is 6.81. The van der Waals surface area contributed by atoms with Crippen molar-refractivity contribution in [2.45, 2.75) is 31.8 Å². The molecule has 6 nitrogen and oxygen atoms in total. The maximum atomic E-state index is 13.1. The first-order valence-electron chi connectivity index (χ1n) is 9.04. The fourth-order valence-corrected chi connectivity index (χ4v) is 4.63. The number of carbonyl (C=O) groups excluding carboxylic acids is 3. The molecule has 0 saturated carbocycles. The van der Waals surface area contributed by atoms with Crippen LogP contribution in [0.15, 0.2) is 41.8 Å². The van der Waals surface area contributed by atoms with Crippen molar-refractivity contribution in [1.82, 2.24) is 10.2 Å². The number of carbonyl (C=O) groups is 3. The smallest absolute Gasteiger partial charge is 0.258 e. The first kappa shape index (κ1) is 17.7. The molecule has 2 aromatic rings. The molecule has 1 N–H and O–H groups in total. The topological polar surface area (TPSA) is 69.7 Å². The molecule has 4 rings (SSSR count). The fourth-order valence-electron chi connectivity index (χ4n) is 3.92. The standard InChI is InChI=1S/C20H21N3O3S/c1-20-10-8-18(25)23(20)16-7-3-2-6-15(16)19(26)22(20)13-17(24)21-11-9-14-5-4-12-27-14/h2-7,12H,8-11,13H2,1H3,(H,21,24). The average Bonchev–Trinajstić information content (AvgIpc) is 3.27. The van der Waals surface area contributed by atoms with Gasteiger partial charge in [0.15, 0.2) is 0 Å². The lowest BCUT2D eigenvalue weighted by Gasteiger charge is -2.48. The lowest BCUT2D eigenvalue weighted by atomic mass is 9.98. The Hall–Kier alpha value is -2.67. The van der Waals surface area contributed by atoms with Crippen LogP contribution in [0.2, 0.25) is 0 Å². The van der Waals surface area contributed by atoms with Crippen molar-refractivity contribution in [2.24, 2.45) is 0 Å². The zero-order valence-corrected chi connectivity index (χ0v) is 15.9. The fraction of sp³-hybridized carbons (Fsp3) is 0.350. The number of amides is 3. The van der Waals surface area contributed by atoms with Gasteiger partial charge in [0.1, 0.15) is 12.2 Å². The summed E-state index contributed by atoms with van der Waals surface area (Å²) in [6.45, 7) is 2.33. The van der Waals surface area contributed by atoms with Crippen LogP contribution in [0.25, 0.3) is 0 Å². The van der Waals surface area contributed by atoms with Gasteiger partial charge in [-0.1, -0.05) is 18.2 Å². The minimum Gasteiger partial charge on any atom is -0.354 e. The molecule has 3 heterocycles. The summed E-state index contributed by atoms with van der Waals surface area (Å²) in [5.74, 6) is -0.423. The first-order chi connectivity index (χ1) is 13.0. The predicted molar refractivity (Wildman–Crippen MR) is 104 cm³/mol. The van der Waals surface area contributed by atoms with Crippen molar-refractivity contribution in [2.75, 3.05) is 18.0 Å². The molecule has 3 amide bonds. The van der Waals surface area contributed by atoms with Gasteiger partial charge in [0.2, 0.25) is 11.8 Å². The number of fused-ring (bicyclic) bond motifs is 3. The van der Waals surface area contributed by atoms with E-state index in [9.17, 15) is 14.4 Å². The number of anilines is 1. The Balaban J connectivity index is 1.52. The second-order valence-electron chi connectivity index (χ2n) is 7.03.